The predicted molar refractivity (Wildman–Crippen MR) is 110 cm³/mol. The minimum Gasteiger partial charge on any atom is -0.486 e. The number of hydrogen-bond acceptors (Lipinski definition) is 6. The summed E-state index contributed by atoms with van der Waals surface area (Å²) in [4.78, 5) is 15.1. The van der Waals surface area contributed by atoms with Crippen molar-refractivity contribution in [2.75, 3.05) is 19.0 Å². The van der Waals surface area contributed by atoms with Crippen LogP contribution < -0.4 is 15.2 Å². The van der Waals surface area contributed by atoms with E-state index in [0.717, 1.165) is 45.5 Å². The fourth-order valence-corrected chi connectivity index (χ4v) is 4.25. The molecule has 0 atom stereocenters. The van der Waals surface area contributed by atoms with Gasteiger partial charge in [0, 0.05) is 18.4 Å². The molecule has 0 spiro atoms. The number of thioether (sulfide) groups is 1. The van der Waals surface area contributed by atoms with Crippen LogP contribution in [0, 0.1) is 0 Å². The average Bonchev–Trinajstić information content (AvgIpc) is 3.34. The van der Waals surface area contributed by atoms with E-state index in [1.807, 2.05) is 47.0 Å². The zero-order valence-corrected chi connectivity index (χ0v) is 16.4. The lowest BCUT2D eigenvalue weighted by atomic mass is 10.2. The van der Waals surface area contributed by atoms with E-state index in [2.05, 4.69) is 15.2 Å². The highest BCUT2D eigenvalue weighted by Crippen LogP contribution is 2.33. The highest BCUT2D eigenvalue weighted by Gasteiger charge is 2.14. The molecule has 4 aromatic rings. The predicted octanol–water partition coefficient (Wildman–Crippen LogP) is 2.86. The van der Waals surface area contributed by atoms with Crippen molar-refractivity contribution in [3.8, 4) is 17.2 Å². The number of H-pyrrole nitrogens is 1. The minimum absolute atomic E-state index is 0.0735. The van der Waals surface area contributed by atoms with Gasteiger partial charge >= 0.3 is 5.69 Å². The van der Waals surface area contributed by atoms with Gasteiger partial charge in [0.2, 0.25) is 0 Å². The first-order chi connectivity index (χ1) is 14.3. The van der Waals surface area contributed by atoms with Crippen LogP contribution in [0.1, 0.15) is 6.42 Å². The molecule has 5 rings (SSSR count). The van der Waals surface area contributed by atoms with E-state index in [1.165, 1.54) is 0 Å². The molecule has 2 aromatic heterocycles. The Morgan fingerprint density at radius 3 is 2.90 bits per heavy atom. The van der Waals surface area contributed by atoms with Crippen LogP contribution in [-0.2, 0) is 6.54 Å². The van der Waals surface area contributed by atoms with Crippen molar-refractivity contribution in [2.45, 2.75) is 18.1 Å². The molecule has 0 fully saturated rings. The topological polar surface area (TPSA) is 87.0 Å². The Morgan fingerprint density at radius 1 is 1.10 bits per heavy atom. The summed E-state index contributed by atoms with van der Waals surface area (Å²) in [5.74, 6) is 2.30. The molecule has 0 saturated carbocycles. The van der Waals surface area contributed by atoms with Crippen LogP contribution in [0.4, 0.5) is 0 Å². The largest absolute Gasteiger partial charge is 0.486 e. The van der Waals surface area contributed by atoms with Crippen LogP contribution in [0.5, 0.6) is 11.5 Å². The van der Waals surface area contributed by atoms with Gasteiger partial charge in [0.25, 0.3) is 0 Å². The summed E-state index contributed by atoms with van der Waals surface area (Å²) in [6.45, 7) is 1.76. The number of aromatic amines is 1. The molecule has 2 aromatic carbocycles. The summed E-state index contributed by atoms with van der Waals surface area (Å²) in [5.41, 5.74) is 2.65. The lowest BCUT2D eigenvalue weighted by molar-refractivity contribution is 0.171. The van der Waals surface area contributed by atoms with Crippen LogP contribution >= 0.6 is 11.8 Å². The average molecular weight is 409 g/mol. The Balaban J connectivity index is 1.26. The molecular weight excluding hydrogens is 390 g/mol. The summed E-state index contributed by atoms with van der Waals surface area (Å²) in [6.07, 6.45) is 2.53. The number of nitrogens with one attached hydrogen (secondary N) is 1. The van der Waals surface area contributed by atoms with Gasteiger partial charge in [-0.25, -0.2) is 4.79 Å². The second-order valence-corrected chi connectivity index (χ2v) is 7.67. The molecule has 1 aliphatic heterocycles. The molecule has 8 nitrogen and oxygen atoms in total. The molecule has 29 heavy (non-hydrogen) atoms. The van der Waals surface area contributed by atoms with E-state index in [9.17, 15) is 4.79 Å². The molecule has 1 N–H and O–H groups in total. The molecule has 3 heterocycles. The molecular formula is C20H19N5O3S. The maximum atomic E-state index is 12.2. The molecule has 1 aliphatic rings. The molecule has 0 aliphatic carbocycles. The van der Waals surface area contributed by atoms with E-state index in [0.29, 0.717) is 19.8 Å². The van der Waals surface area contributed by atoms with Crippen molar-refractivity contribution in [1.29, 1.82) is 0 Å². The number of aromatic nitrogens is 5. The third-order valence-corrected chi connectivity index (χ3v) is 5.79. The van der Waals surface area contributed by atoms with Crippen molar-refractivity contribution in [2.24, 2.45) is 0 Å². The molecule has 0 radical (unpaired) electrons. The summed E-state index contributed by atoms with van der Waals surface area (Å²) >= 11 is 1.61. The maximum absolute atomic E-state index is 12.2. The van der Waals surface area contributed by atoms with Gasteiger partial charge in [-0.15, -0.1) is 10.2 Å². The maximum Gasteiger partial charge on any atom is 0.326 e. The number of aryl methyl sites for hydroxylation is 1. The number of fused-ring (bicyclic) bond motifs is 2. The van der Waals surface area contributed by atoms with Crippen molar-refractivity contribution < 1.29 is 9.47 Å². The number of nitrogens with zero attached hydrogens (tertiary/aromatic N) is 4. The van der Waals surface area contributed by atoms with Gasteiger partial charge in [0.1, 0.15) is 19.5 Å². The van der Waals surface area contributed by atoms with Gasteiger partial charge < -0.3 is 14.5 Å². The van der Waals surface area contributed by atoms with Gasteiger partial charge in [-0.1, -0.05) is 23.9 Å². The summed E-state index contributed by atoms with van der Waals surface area (Å²) in [6, 6.07) is 13.5. The Morgan fingerprint density at radius 2 is 1.97 bits per heavy atom. The van der Waals surface area contributed by atoms with E-state index < -0.39 is 0 Å². The molecule has 0 bridgehead atoms. The van der Waals surface area contributed by atoms with E-state index in [-0.39, 0.29) is 5.69 Å². The van der Waals surface area contributed by atoms with Gasteiger partial charge in [-0.3, -0.25) is 9.13 Å². The molecule has 148 valence electrons. The normalized spacial score (nSPS) is 13.1. The summed E-state index contributed by atoms with van der Waals surface area (Å²) < 4.78 is 15.0. The molecule has 0 saturated heterocycles. The first-order valence-corrected chi connectivity index (χ1v) is 10.4. The van der Waals surface area contributed by atoms with Gasteiger partial charge in [-0.05, 0) is 30.7 Å². The van der Waals surface area contributed by atoms with Crippen LogP contribution in [-0.4, -0.2) is 43.3 Å². The SMILES string of the molecule is O=c1[nH]c2ccccc2n1CCCSc1nncn1-c1ccc2c(c1)OCCO2. The van der Waals surface area contributed by atoms with Gasteiger partial charge in [0.05, 0.1) is 16.7 Å². The third kappa shape index (κ3) is 3.49. The van der Waals surface area contributed by atoms with Crippen molar-refractivity contribution in [3.05, 3.63) is 59.3 Å². The first kappa shape index (κ1) is 17.9. The van der Waals surface area contributed by atoms with Gasteiger partial charge in [-0.2, -0.15) is 0 Å². The summed E-state index contributed by atoms with van der Waals surface area (Å²) in [7, 11) is 0. The Hall–Kier alpha value is -3.20. The fourth-order valence-electron chi connectivity index (χ4n) is 3.40. The van der Waals surface area contributed by atoms with E-state index in [1.54, 1.807) is 22.7 Å². The number of imidazole rings is 1. The van der Waals surface area contributed by atoms with Crippen LogP contribution in [0.25, 0.3) is 16.7 Å². The highest BCUT2D eigenvalue weighted by molar-refractivity contribution is 7.99. The van der Waals surface area contributed by atoms with Crippen LogP contribution in [0.3, 0.4) is 0 Å². The van der Waals surface area contributed by atoms with E-state index in [4.69, 9.17) is 9.47 Å². The Bertz CT molecular complexity index is 1210. The van der Waals surface area contributed by atoms with Crippen molar-refractivity contribution in [1.82, 2.24) is 24.3 Å². The standard InChI is InChI=1S/C20H19N5O3S/c26-19-22-15-4-1-2-5-16(15)24(19)8-3-11-29-20-23-21-13-25(20)14-6-7-17-18(12-14)28-10-9-27-17/h1-2,4-7,12-13H,3,8-11H2,(H,22,26). The molecule has 9 heteroatoms. The lowest BCUT2D eigenvalue weighted by Gasteiger charge is -2.19. The van der Waals surface area contributed by atoms with Crippen molar-refractivity contribution >= 4 is 22.8 Å². The number of benzene rings is 2. The number of hydrogen-bond donors (Lipinski definition) is 1. The number of para-hydroxylation sites is 2. The molecule has 0 unspecified atom stereocenters. The monoisotopic (exact) mass is 409 g/mol. The third-order valence-electron chi connectivity index (χ3n) is 4.76. The minimum atomic E-state index is -0.0735. The molecule has 0 amide bonds. The second-order valence-electron chi connectivity index (χ2n) is 6.61. The second kappa shape index (κ2) is 7.67. The smallest absolute Gasteiger partial charge is 0.326 e. The zero-order valence-electron chi connectivity index (χ0n) is 15.6. The Labute approximate surface area is 170 Å². The zero-order chi connectivity index (χ0) is 19.6. The lowest BCUT2D eigenvalue weighted by Crippen LogP contribution is -2.17. The van der Waals surface area contributed by atoms with Gasteiger partial charge in [0.15, 0.2) is 16.7 Å². The fraction of sp³-hybridized carbons (Fsp3) is 0.250. The first-order valence-electron chi connectivity index (χ1n) is 9.40. The van der Waals surface area contributed by atoms with Crippen LogP contribution in [0.15, 0.2) is 58.7 Å². The summed E-state index contributed by atoms with van der Waals surface area (Å²) in [5, 5.41) is 9.09. The highest BCUT2D eigenvalue weighted by atomic mass is 32.2. The van der Waals surface area contributed by atoms with Crippen LogP contribution in [0.2, 0.25) is 0 Å². The number of ether oxygens (including phenoxy) is 2. The van der Waals surface area contributed by atoms with Crippen molar-refractivity contribution in [3.63, 3.8) is 0 Å². The Kier molecular flexibility index (Phi) is 4.73. The quantitative estimate of drug-likeness (QED) is 0.389. The number of rotatable bonds is 6. The van der Waals surface area contributed by atoms with E-state index >= 15 is 0 Å².